The normalized spacial score (nSPS) is 28.6. The minimum atomic E-state index is -0.792. The van der Waals surface area contributed by atoms with Crippen molar-refractivity contribution in [3.8, 4) is 0 Å². The SMILES string of the molecule is O=C(O)C1CC2CCC1N2c1ncc([N+](=O)[O-])cn1. The summed E-state index contributed by atoms with van der Waals surface area (Å²) in [6.45, 7) is 0. The monoisotopic (exact) mass is 264 g/mol. The van der Waals surface area contributed by atoms with E-state index in [0.29, 0.717) is 12.4 Å². The summed E-state index contributed by atoms with van der Waals surface area (Å²) in [7, 11) is 0. The van der Waals surface area contributed by atoms with Crippen LogP contribution in [0.2, 0.25) is 0 Å². The van der Waals surface area contributed by atoms with E-state index in [-0.39, 0.29) is 17.8 Å². The predicted molar refractivity (Wildman–Crippen MR) is 63.7 cm³/mol. The van der Waals surface area contributed by atoms with Crippen molar-refractivity contribution in [1.29, 1.82) is 0 Å². The van der Waals surface area contributed by atoms with E-state index < -0.39 is 16.8 Å². The van der Waals surface area contributed by atoms with Crippen molar-refractivity contribution in [3.05, 3.63) is 22.5 Å². The number of hydrogen-bond donors (Lipinski definition) is 1. The number of carbonyl (C=O) groups is 1. The number of nitrogens with zero attached hydrogens (tertiary/aromatic N) is 4. The number of anilines is 1. The Bertz CT molecular complexity index is 532. The molecule has 0 aliphatic carbocycles. The van der Waals surface area contributed by atoms with Crippen molar-refractivity contribution in [2.75, 3.05) is 4.90 Å². The quantitative estimate of drug-likeness (QED) is 0.635. The maximum atomic E-state index is 11.2. The number of aliphatic carboxylic acids is 1. The largest absolute Gasteiger partial charge is 0.481 e. The van der Waals surface area contributed by atoms with Crippen LogP contribution in [-0.2, 0) is 4.79 Å². The fourth-order valence-corrected chi connectivity index (χ4v) is 3.11. The lowest BCUT2D eigenvalue weighted by atomic mass is 9.89. The molecule has 0 saturated carbocycles. The molecule has 0 spiro atoms. The molecule has 3 heterocycles. The molecule has 3 atom stereocenters. The van der Waals surface area contributed by atoms with Crippen LogP contribution in [0.25, 0.3) is 0 Å². The predicted octanol–water partition coefficient (Wildman–Crippen LogP) is 0.827. The Labute approximate surface area is 108 Å². The van der Waals surface area contributed by atoms with Gasteiger partial charge in [-0.1, -0.05) is 0 Å². The average molecular weight is 264 g/mol. The second-order valence-corrected chi connectivity index (χ2v) is 4.88. The van der Waals surface area contributed by atoms with E-state index in [4.69, 9.17) is 5.11 Å². The van der Waals surface area contributed by atoms with E-state index in [1.807, 2.05) is 4.90 Å². The fourth-order valence-electron chi connectivity index (χ4n) is 3.11. The minimum absolute atomic E-state index is 0.0936. The molecule has 2 bridgehead atoms. The van der Waals surface area contributed by atoms with Gasteiger partial charge in [0, 0.05) is 12.1 Å². The Balaban J connectivity index is 1.87. The van der Waals surface area contributed by atoms with E-state index in [1.165, 1.54) is 0 Å². The fraction of sp³-hybridized carbons (Fsp3) is 0.545. The molecule has 2 aliphatic heterocycles. The minimum Gasteiger partial charge on any atom is -0.481 e. The van der Waals surface area contributed by atoms with Crippen LogP contribution in [0.3, 0.4) is 0 Å². The third-order valence-corrected chi connectivity index (χ3v) is 3.92. The number of fused-ring (bicyclic) bond motifs is 2. The summed E-state index contributed by atoms with van der Waals surface area (Å²) in [6.07, 6.45) is 4.66. The average Bonchev–Trinajstić information content (AvgIpc) is 2.96. The number of hydrogen-bond acceptors (Lipinski definition) is 6. The zero-order valence-electron chi connectivity index (χ0n) is 9.97. The smallest absolute Gasteiger partial charge is 0.308 e. The molecule has 0 aromatic carbocycles. The molecule has 3 rings (SSSR count). The first-order chi connectivity index (χ1) is 9.08. The van der Waals surface area contributed by atoms with E-state index >= 15 is 0 Å². The van der Waals surface area contributed by atoms with Crippen molar-refractivity contribution < 1.29 is 14.8 Å². The molecule has 1 aromatic heterocycles. The lowest BCUT2D eigenvalue weighted by Crippen LogP contribution is -2.34. The molecule has 100 valence electrons. The van der Waals surface area contributed by atoms with E-state index in [2.05, 4.69) is 9.97 Å². The number of rotatable bonds is 3. The Hall–Kier alpha value is -2.25. The van der Waals surface area contributed by atoms with Gasteiger partial charge in [0.1, 0.15) is 12.4 Å². The summed E-state index contributed by atoms with van der Waals surface area (Å²) >= 11 is 0. The van der Waals surface area contributed by atoms with E-state index in [1.54, 1.807) is 0 Å². The van der Waals surface area contributed by atoms with Gasteiger partial charge in [-0.2, -0.15) is 0 Å². The van der Waals surface area contributed by atoms with Gasteiger partial charge in [-0.05, 0) is 19.3 Å². The van der Waals surface area contributed by atoms with Gasteiger partial charge in [-0.15, -0.1) is 0 Å². The molecule has 2 saturated heterocycles. The molecule has 8 heteroatoms. The van der Waals surface area contributed by atoms with Crippen molar-refractivity contribution in [2.24, 2.45) is 5.92 Å². The molecule has 0 amide bonds. The molecular weight excluding hydrogens is 252 g/mol. The number of carboxylic acid groups (broad SMARTS) is 1. The number of aromatic nitrogens is 2. The molecular formula is C11H12N4O4. The highest BCUT2D eigenvalue weighted by molar-refractivity contribution is 5.73. The molecule has 0 radical (unpaired) electrons. The van der Waals surface area contributed by atoms with Crippen LogP contribution in [0.15, 0.2) is 12.4 Å². The van der Waals surface area contributed by atoms with Gasteiger partial charge < -0.3 is 10.0 Å². The van der Waals surface area contributed by atoms with Crippen LogP contribution in [0, 0.1) is 16.0 Å². The van der Waals surface area contributed by atoms with Crippen molar-refractivity contribution in [3.63, 3.8) is 0 Å². The first kappa shape index (κ1) is 11.8. The molecule has 3 unspecified atom stereocenters. The van der Waals surface area contributed by atoms with Crippen LogP contribution in [-0.4, -0.2) is 38.1 Å². The summed E-state index contributed by atoms with van der Waals surface area (Å²) in [5.74, 6) is -0.793. The van der Waals surface area contributed by atoms with Gasteiger partial charge in [-0.25, -0.2) is 9.97 Å². The molecule has 2 aliphatic rings. The summed E-state index contributed by atoms with van der Waals surface area (Å²) in [4.78, 5) is 31.1. The van der Waals surface area contributed by atoms with Gasteiger partial charge in [0.05, 0.1) is 10.8 Å². The van der Waals surface area contributed by atoms with Gasteiger partial charge in [0.15, 0.2) is 0 Å². The highest BCUT2D eigenvalue weighted by atomic mass is 16.6. The summed E-state index contributed by atoms with van der Waals surface area (Å²) in [5.41, 5.74) is -0.162. The molecule has 1 aromatic rings. The van der Waals surface area contributed by atoms with Gasteiger partial charge in [0.25, 0.3) is 0 Å². The zero-order valence-corrected chi connectivity index (χ0v) is 9.97. The highest BCUT2D eigenvalue weighted by Gasteiger charge is 2.50. The molecule has 19 heavy (non-hydrogen) atoms. The lowest BCUT2D eigenvalue weighted by molar-refractivity contribution is -0.385. The second-order valence-electron chi connectivity index (χ2n) is 4.88. The van der Waals surface area contributed by atoms with E-state index in [9.17, 15) is 14.9 Å². The van der Waals surface area contributed by atoms with Crippen LogP contribution in [0.1, 0.15) is 19.3 Å². The van der Waals surface area contributed by atoms with Crippen LogP contribution >= 0.6 is 0 Å². The zero-order chi connectivity index (χ0) is 13.6. The van der Waals surface area contributed by atoms with Gasteiger partial charge in [0.2, 0.25) is 5.95 Å². The van der Waals surface area contributed by atoms with Gasteiger partial charge >= 0.3 is 11.7 Å². The van der Waals surface area contributed by atoms with Crippen molar-refractivity contribution >= 4 is 17.6 Å². The summed E-state index contributed by atoms with van der Waals surface area (Å²) < 4.78 is 0. The summed E-state index contributed by atoms with van der Waals surface area (Å²) in [6, 6.07) is 0.0384. The second kappa shape index (κ2) is 4.15. The Kier molecular flexibility index (Phi) is 2.58. The molecule has 2 fully saturated rings. The summed E-state index contributed by atoms with van der Waals surface area (Å²) in [5, 5.41) is 19.7. The third kappa shape index (κ3) is 1.79. The first-order valence-corrected chi connectivity index (χ1v) is 6.05. The molecule has 1 N–H and O–H groups in total. The molecule has 8 nitrogen and oxygen atoms in total. The highest BCUT2D eigenvalue weighted by Crippen LogP contribution is 2.43. The van der Waals surface area contributed by atoms with Crippen molar-refractivity contribution in [2.45, 2.75) is 31.3 Å². The van der Waals surface area contributed by atoms with E-state index in [0.717, 1.165) is 25.2 Å². The van der Waals surface area contributed by atoms with Crippen LogP contribution in [0.4, 0.5) is 11.6 Å². The maximum Gasteiger partial charge on any atom is 0.308 e. The van der Waals surface area contributed by atoms with Crippen LogP contribution < -0.4 is 4.90 Å². The van der Waals surface area contributed by atoms with Gasteiger partial charge in [-0.3, -0.25) is 14.9 Å². The first-order valence-electron chi connectivity index (χ1n) is 6.05. The van der Waals surface area contributed by atoms with Crippen molar-refractivity contribution in [1.82, 2.24) is 9.97 Å². The lowest BCUT2D eigenvalue weighted by Gasteiger charge is -2.22. The topological polar surface area (TPSA) is 109 Å². The third-order valence-electron chi connectivity index (χ3n) is 3.92. The Morgan fingerprint density at radius 1 is 1.42 bits per heavy atom. The Morgan fingerprint density at radius 2 is 2.11 bits per heavy atom. The Morgan fingerprint density at radius 3 is 2.63 bits per heavy atom. The number of carboxylic acids is 1. The van der Waals surface area contributed by atoms with Crippen LogP contribution in [0.5, 0.6) is 0 Å². The maximum absolute atomic E-state index is 11.2. The standard InChI is InChI=1S/C11H12N4O4/c16-10(17)8-3-6-1-2-9(8)14(6)11-12-4-7(5-13-11)15(18)19/h4-6,8-9H,1-3H2,(H,16,17). The number of nitro groups is 1.